The number of ether oxygens (including phenoxy) is 5. The van der Waals surface area contributed by atoms with E-state index in [-0.39, 0.29) is 25.4 Å². The minimum absolute atomic E-state index is 0.0436. The van der Waals surface area contributed by atoms with E-state index in [9.17, 15) is 9.90 Å². The average Bonchev–Trinajstić information content (AvgIpc) is 2.79. The van der Waals surface area contributed by atoms with E-state index in [4.69, 9.17) is 28.8 Å². The van der Waals surface area contributed by atoms with Gasteiger partial charge in [0.2, 0.25) is 0 Å². The first-order valence-corrected chi connectivity index (χ1v) is 8.18. The number of aliphatic hydroxyl groups excluding tert-OH is 1. The second-order valence-corrected chi connectivity index (χ2v) is 6.29. The molecule has 0 saturated carbocycles. The van der Waals surface area contributed by atoms with E-state index in [0.29, 0.717) is 19.4 Å². The predicted molar refractivity (Wildman–Crippen MR) is 80.4 cm³/mol. The fourth-order valence-corrected chi connectivity index (χ4v) is 3.58. The summed E-state index contributed by atoms with van der Waals surface area (Å²) in [7, 11) is 1.50. The molecule has 8 nitrogen and oxygen atoms in total. The van der Waals surface area contributed by atoms with Crippen molar-refractivity contribution in [1.29, 1.82) is 0 Å². The molecule has 7 atom stereocenters. The number of carboxylic acid groups (broad SMARTS) is 1. The molecule has 0 bridgehead atoms. The number of hydrogen-bond donors (Lipinski definition) is 2. The largest absolute Gasteiger partial charge is 0.481 e. The molecule has 0 amide bonds. The van der Waals surface area contributed by atoms with Crippen molar-refractivity contribution >= 4 is 5.97 Å². The number of carbonyl (C=O) groups is 1. The number of aliphatic hydroxyl groups is 1. The Labute approximate surface area is 140 Å². The highest BCUT2D eigenvalue weighted by Crippen LogP contribution is 2.36. The Morgan fingerprint density at radius 1 is 1.25 bits per heavy atom. The third-order valence-electron chi connectivity index (χ3n) is 4.66. The molecule has 24 heavy (non-hydrogen) atoms. The monoisotopic (exact) mass is 344 g/mol. The second kappa shape index (κ2) is 7.90. The van der Waals surface area contributed by atoms with Gasteiger partial charge < -0.3 is 33.9 Å². The van der Waals surface area contributed by atoms with Crippen molar-refractivity contribution in [3.63, 3.8) is 0 Å². The molecule has 0 aliphatic carbocycles. The number of carboxylic acids is 1. The van der Waals surface area contributed by atoms with Crippen LogP contribution in [0.25, 0.3) is 0 Å². The summed E-state index contributed by atoms with van der Waals surface area (Å²) in [5.74, 6) is -0.983. The van der Waals surface area contributed by atoms with Crippen LogP contribution >= 0.6 is 0 Å². The SMILES string of the molecule is COCO[C@H]1C[C@H]2O[C@H]3CC=CCO[C@@H]3[C@@H](O)[C@@H]2O[C@@H]1CC(=O)O. The number of fused-ring (bicyclic) bond motifs is 2. The van der Waals surface area contributed by atoms with E-state index < -0.39 is 36.5 Å². The summed E-state index contributed by atoms with van der Waals surface area (Å²) in [6.45, 7) is 0.457. The highest BCUT2D eigenvalue weighted by molar-refractivity contribution is 5.67. The van der Waals surface area contributed by atoms with Crippen molar-refractivity contribution in [3.8, 4) is 0 Å². The summed E-state index contributed by atoms with van der Waals surface area (Å²) < 4.78 is 28.1. The molecular formula is C16H24O8. The van der Waals surface area contributed by atoms with Crippen LogP contribution in [0.5, 0.6) is 0 Å². The summed E-state index contributed by atoms with van der Waals surface area (Å²) in [5.41, 5.74) is 0. The van der Waals surface area contributed by atoms with Gasteiger partial charge in [-0.05, 0) is 6.42 Å². The van der Waals surface area contributed by atoms with Crippen LogP contribution in [0.3, 0.4) is 0 Å². The Morgan fingerprint density at radius 3 is 2.83 bits per heavy atom. The van der Waals surface area contributed by atoms with Crippen LogP contribution in [-0.4, -0.2) is 79.4 Å². The molecule has 2 fully saturated rings. The van der Waals surface area contributed by atoms with Crippen LogP contribution in [0.1, 0.15) is 19.3 Å². The van der Waals surface area contributed by atoms with E-state index in [0.717, 1.165) is 0 Å². The lowest BCUT2D eigenvalue weighted by molar-refractivity contribution is -0.293. The Balaban J connectivity index is 1.73. The second-order valence-electron chi connectivity index (χ2n) is 6.29. The van der Waals surface area contributed by atoms with Gasteiger partial charge in [0.1, 0.15) is 25.1 Å². The molecule has 3 aliphatic heterocycles. The highest BCUT2D eigenvalue weighted by atomic mass is 16.7. The Bertz CT molecular complexity index is 467. The minimum Gasteiger partial charge on any atom is -0.481 e. The van der Waals surface area contributed by atoms with Crippen LogP contribution in [0.4, 0.5) is 0 Å². The first-order valence-electron chi connectivity index (χ1n) is 8.18. The molecule has 0 radical (unpaired) electrons. The van der Waals surface area contributed by atoms with E-state index in [1.54, 1.807) is 0 Å². The third kappa shape index (κ3) is 3.79. The standard InChI is InChI=1S/C16H24O8/c1-20-8-22-10-6-12-16(24-11(10)7-13(17)18)14(19)15-9(23-12)4-2-3-5-21-15/h2-3,9-12,14-16,19H,4-8H2,1H3,(H,17,18)/t9-,10-,11+,12+,14+,15-,16+/m0/s1. The summed E-state index contributed by atoms with van der Waals surface area (Å²) in [5, 5.41) is 19.8. The Kier molecular flexibility index (Phi) is 5.85. The summed E-state index contributed by atoms with van der Waals surface area (Å²) in [4.78, 5) is 11.1. The van der Waals surface area contributed by atoms with Gasteiger partial charge in [-0.25, -0.2) is 0 Å². The maximum absolute atomic E-state index is 11.1. The summed E-state index contributed by atoms with van der Waals surface area (Å²) in [6, 6.07) is 0. The van der Waals surface area contributed by atoms with Crippen LogP contribution in [-0.2, 0) is 28.5 Å². The van der Waals surface area contributed by atoms with Crippen molar-refractivity contribution < 1.29 is 38.7 Å². The van der Waals surface area contributed by atoms with E-state index in [2.05, 4.69) is 0 Å². The molecule has 0 unspecified atom stereocenters. The van der Waals surface area contributed by atoms with Gasteiger partial charge in [-0.2, -0.15) is 0 Å². The Morgan fingerprint density at radius 2 is 2.08 bits per heavy atom. The predicted octanol–water partition coefficient (Wildman–Crippen LogP) is 0.0811. The smallest absolute Gasteiger partial charge is 0.306 e. The van der Waals surface area contributed by atoms with Gasteiger partial charge in [-0.1, -0.05) is 12.2 Å². The lowest BCUT2D eigenvalue weighted by Gasteiger charge is -2.49. The van der Waals surface area contributed by atoms with Crippen LogP contribution in [0.2, 0.25) is 0 Å². The van der Waals surface area contributed by atoms with Gasteiger partial charge in [0.15, 0.2) is 0 Å². The summed E-state index contributed by atoms with van der Waals surface area (Å²) in [6.07, 6.45) is 1.04. The minimum atomic E-state index is -0.983. The van der Waals surface area contributed by atoms with Gasteiger partial charge in [0.05, 0.1) is 37.4 Å². The van der Waals surface area contributed by atoms with Crippen LogP contribution in [0.15, 0.2) is 12.2 Å². The molecule has 136 valence electrons. The maximum atomic E-state index is 11.1. The zero-order valence-corrected chi connectivity index (χ0v) is 13.6. The van der Waals surface area contributed by atoms with Gasteiger partial charge in [0, 0.05) is 13.5 Å². The maximum Gasteiger partial charge on any atom is 0.306 e. The molecule has 2 saturated heterocycles. The van der Waals surface area contributed by atoms with E-state index >= 15 is 0 Å². The molecule has 0 aromatic carbocycles. The first-order chi connectivity index (χ1) is 11.6. The number of rotatable bonds is 5. The normalized spacial score (nSPS) is 42.0. The molecule has 3 aliphatic rings. The van der Waals surface area contributed by atoms with Crippen molar-refractivity contribution in [2.45, 2.75) is 62.0 Å². The zero-order chi connectivity index (χ0) is 17.1. The lowest BCUT2D eigenvalue weighted by Crippen LogP contribution is -2.64. The number of aliphatic carboxylic acids is 1. The van der Waals surface area contributed by atoms with Crippen molar-refractivity contribution in [1.82, 2.24) is 0 Å². The van der Waals surface area contributed by atoms with Crippen LogP contribution in [0, 0.1) is 0 Å². The van der Waals surface area contributed by atoms with Crippen LogP contribution < -0.4 is 0 Å². The number of methoxy groups -OCH3 is 1. The van der Waals surface area contributed by atoms with Gasteiger partial charge >= 0.3 is 5.97 Å². The fourth-order valence-electron chi connectivity index (χ4n) is 3.58. The quantitative estimate of drug-likeness (QED) is 0.534. The number of hydrogen-bond acceptors (Lipinski definition) is 7. The average molecular weight is 344 g/mol. The topological polar surface area (TPSA) is 104 Å². The molecule has 0 spiro atoms. The molecular weight excluding hydrogens is 320 g/mol. The molecule has 8 heteroatoms. The first kappa shape index (κ1) is 17.8. The van der Waals surface area contributed by atoms with Gasteiger partial charge in [-0.3, -0.25) is 4.79 Å². The third-order valence-corrected chi connectivity index (χ3v) is 4.66. The van der Waals surface area contributed by atoms with Crippen molar-refractivity contribution in [3.05, 3.63) is 12.2 Å². The van der Waals surface area contributed by atoms with E-state index in [1.165, 1.54) is 7.11 Å². The van der Waals surface area contributed by atoms with E-state index in [1.807, 2.05) is 12.2 Å². The molecule has 0 aromatic rings. The van der Waals surface area contributed by atoms with Gasteiger partial charge in [-0.15, -0.1) is 0 Å². The molecule has 3 heterocycles. The highest BCUT2D eigenvalue weighted by Gasteiger charge is 2.51. The van der Waals surface area contributed by atoms with Crippen molar-refractivity contribution in [2.75, 3.05) is 20.5 Å². The molecule has 2 N–H and O–H groups in total. The fraction of sp³-hybridized carbons (Fsp3) is 0.812. The molecule has 0 aromatic heterocycles. The molecule has 3 rings (SSSR count). The van der Waals surface area contributed by atoms with Crippen molar-refractivity contribution in [2.24, 2.45) is 0 Å². The zero-order valence-electron chi connectivity index (χ0n) is 13.6. The lowest BCUT2D eigenvalue weighted by atomic mass is 9.86. The summed E-state index contributed by atoms with van der Waals surface area (Å²) >= 11 is 0. The van der Waals surface area contributed by atoms with Gasteiger partial charge in [0.25, 0.3) is 0 Å². The Hall–Kier alpha value is -1.03.